The van der Waals surface area contributed by atoms with E-state index in [1.807, 2.05) is 16.7 Å². The molecule has 0 bridgehead atoms. The number of methoxy groups -OCH3 is 1. The third-order valence-corrected chi connectivity index (χ3v) is 4.23. The molecule has 8 heteroatoms. The van der Waals surface area contributed by atoms with Crippen LogP contribution < -0.4 is 15.4 Å². The zero-order valence-corrected chi connectivity index (χ0v) is 18.2. The van der Waals surface area contributed by atoms with E-state index >= 15 is 0 Å². The Kier molecular flexibility index (Phi) is 10.0. The molecule has 144 valence electrons. The van der Waals surface area contributed by atoms with E-state index in [1.165, 1.54) is 5.56 Å². The van der Waals surface area contributed by atoms with Crippen LogP contribution in [-0.4, -0.2) is 41.4 Å². The Balaban J connectivity index is 0.00000338. The molecular weight excluding hydrogens is 443 g/mol. The number of aromatic nitrogens is 3. The van der Waals surface area contributed by atoms with Crippen molar-refractivity contribution in [3.05, 3.63) is 42.0 Å². The summed E-state index contributed by atoms with van der Waals surface area (Å²) in [5.74, 6) is 3.02. The van der Waals surface area contributed by atoms with Crippen LogP contribution in [0.15, 0.2) is 35.6 Å². The summed E-state index contributed by atoms with van der Waals surface area (Å²) in [6.45, 7) is 6.59. The van der Waals surface area contributed by atoms with Gasteiger partial charge in [0.05, 0.1) is 13.7 Å². The summed E-state index contributed by atoms with van der Waals surface area (Å²) in [6, 6.07) is 8.25. The Morgan fingerprint density at radius 2 is 2.00 bits per heavy atom. The molecule has 1 heterocycles. The highest BCUT2D eigenvalue weighted by Crippen LogP contribution is 2.21. The summed E-state index contributed by atoms with van der Waals surface area (Å²) in [5.41, 5.74) is 1.31. The van der Waals surface area contributed by atoms with Crippen LogP contribution in [0.25, 0.3) is 0 Å². The molecular formula is C18H29IN6O. The quantitative estimate of drug-likeness (QED) is 0.351. The summed E-state index contributed by atoms with van der Waals surface area (Å²) in [6.07, 6.45) is 2.75. The topological polar surface area (TPSA) is 76.4 Å². The maximum absolute atomic E-state index is 5.20. The van der Waals surface area contributed by atoms with Crippen LogP contribution >= 0.6 is 24.0 Å². The number of ether oxygens (including phenoxy) is 1. The van der Waals surface area contributed by atoms with E-state index < -0.39 is 0 Å². The number of hydrogen-bond donors (Lipinski definition) is 2. The molecule has 1 aromatic heterocycles. The number of halogens is 1. The number of benzene rings is 1. The van der Waals surface area contributed by atoms with Crippen molar-refractivity contribution in [1.82, 2.24) is 25.4 Å². The zero-order chi connectivity index (χ0) is 18.1. The van der Waals surface area contributed by atoms with Gasteiger partial charge in [-0.1, -0.05) is 19.1 Å². The first kappa shape index (κ1) is 22.2. The van der Waals surface area contributed by atoms with Gasteiger partial charge in [-0.2, -0.15) is 0 Å². The van der Waals surface area contributed by atoms with Crippen molar-refractivity contribution < 1.29 is 4.74 Å². The van der Waals surface area contributed by atoms with Gasteiger partial charge < -0.3 is 19.9 Å². The molecule has 0 radical (unpaired) electrons. The average Bonchev–Trinajstić information content (AvgIpc) is 3.12. The van der Waals surface area contributed by atoms with Crippen molar-refractivity contribution >= 4 is 29.9 Å². The van der Waals surface area contributed by atoms with Crippen molar-refractivity contribution in [2.24, 2.45) is 4.99 Å². The molecule has 1 unspecified atom stereocenters. The summed E-state index contributed by atoms with van der Waals surface area (Å²) in [7, 11) is 3.46. The molecule has 0 aliphatic carbocycles. The first-order valence-corrected chi connectivity index (χ1v) is 8.63. The van der Waals surface area contributed by atoms with E-state index in [4.69, 9.17) is 4.74 Å². The minimum Gasteiger partial charge on any atom is -0.497 e. The summed E-state index contributed by atoms with van der Waals surface area (Å²) in [4.78, 5) is 4.26. The lowest BCUT2D eigenvalue weighted by molar-refractivity contribution is 0.414. The lowest BCUT2D eigenvalue weighted by Gasteiger charge is -2.15. The Morgan fingerprint density at radius 1 is 1.27 bits per heavy atom. The Labute approximate surface area is 172 Å². The number of nitrogens with zero attached hydrogens (tertiary/aromatic N) is 4. The van der Waals surface area contributed by atoms with Crippen molar-refractivity contribution in [2.45, 2.75) is 39.3 Å². The molecule has 2 aromatic rings. The summed E-state index contributed by atoms with van der Waals surface area (Å²) >= 11 is 0. The van der Waals surface area contributed by atoms with Gasteiger partial charge in [-0.25, -0.2) is 0 Å². The monoisotopic (exact) mass is 472 g/mol. The van der Waals surface area contributed by atoms with E-state index in [-0.39, 0.29) is 24.0 Å². The van der Waals surface area contributed by atoms with E-state index in [0.717, 1.165) is 37.0 Å². The number of nitrogens with one attached hydrogen (secondary N) is 2. The maximum Gasteiger partial charge on any atom is 0.191 e. The zero-order valence-electron chi connectivity index (χ0n) is 15.9. The highest BCUT2D eigenvalue weighted by Gasteiger charge is 2.07. The first-order chi connectivity index (χ1) is 12.2. The SMILES string of the molecule is CCn1cnnc1CNC(=NC)NCCC(C)c1ccc(OC)cc1.I. The molecule has 2 N–H and O–H groups in total. The van der Waals surface area contributed by atoms with Crippen molar-refractivity contribution in [2.75, 3.05) is 20.7 Å². The van der Waals surface area contributed by atoms with Gasteiger partial charge in [0.2, 0.25) is 0 Å². The second kappa shape index (κ2) is 11.7. The molecule has 0 aliphatic heterocycles. The molecule has 0 spiro atoms. The van der Waals surface area contributed by atoms with Crippen LogP contribution in [0.3, 0.4) is 0 Å². The van der Waals surface area contributed by atoms with Crippen molar-refractivity contribution in [3.8, 4) is 5.75 Å². The molecule has 2 rings (SSSR count). The van der Waals surface area contributed by atoms with Gasteiger partial charge in [-0.15, -0.1) is 34.2 Å². The van der Waals surface area contributed by atoms with Crippen LogP contribution in [0.5, 0.6) is 5.75 Å². The smallest absolute Gasteiger partial charge is 0.191 e. The Hall–Kier alpha value is -1.84. The van der Waals surface area contributed by atoms with Crippen LogP contribution in [0, 0.1) is 0 Å². The highest BCUT2D eigenvalue weighted by atomic mass is 127. The normalized spacial score (nSPS) is 12.2. The number of aryl methyl sites for hydroxylation is 1. The largest absolute Gasteiger partial charge is 0.497 e. The average molecular weight is 472 g/mol. The molecule has 1 atom stereocenters. The fourth-order valence-electron chi connectivity index (χ4n) is 2.57. The first-order valence-electron chi connectivity index (χ1n) is 8.63. The third kappa shape index (κ3) is 6.47. The van der Waals surface area contributed by atoms with Crippen LogP contribution in [-0.2, 0) is 13.1 Å². The van der Waals surface area contributed by atoms with Crippen LogP contribution in [0.4, 0.5) is 0 Å². The second-order valence-electron chi connectivity index (χ2n) is 5.85. The van der Waals surface area contributed by atoms with Gasteiger partial charge in [-0.3, -0.25) is 4.99 Å². The summed E-state index contributed by atoms with van der Waals surface area (Å²) < 4.78 is 7.21. The van der Waals surface area contributed by atoms with E-state index in [2.05, 4.69) is 51.8 Å². The maximum atomic E-state index is 5.20. The minimum atomic E-state index is 0. The molecule has 0 fully saturated rings. The van der Waals surface area contributed by atoms with Crippen LogP contribution in [0.1, 0.15) is 37.6 Å². The lowest BCUT2D eigenvalue weighted by atomic mass is 9.98. The van der Waals surface area contributed by atoms with E-state index in [9.17, 15) is 0 Å². The van der Waals surface area contributed by atoms with Crippen molar-refractivity contribution in [3.63, 3.8) is 0 Å². The number of hydrogen-bond acceptors (Lipinski definition) is 4. The van der Waals surface area contributed by atoms with Crippen molar-refractivity contribution in [1.29, 1.82) is 0 Å². The van der Waals surface area contributed by atoms with Gasteiger partial charge in [-0.05, 0) is 37.0 Å². The van der Waals surface area contributed by atoms with Gasteiger partial charge in [0.25, 0.3) is 0 Å². The molecule has 0 aliphatic rings. The third-order valence-electron chi connectivity index (χ3n) is 4.23. The van der Waals surface area contributed by atoms with E-state index in [1.54, 1.807) is 20.5 Å². The van der Waals surface area contributed by atoms with Gasteiger partial charge >= 0.3 is 0 Å². The van der Waals surface area contributed by atoms with Gasteiger partial charge in [0.15, 0.2) is 11.8 Å². The fraction of sp³-hybridized carbons (Fsp3) is 0.500. The number of aliphatic imine (C=N–C) groups is 1. The lowest BCUT2D eigenvalue weighted by Crippen LogP contribution is -2.38. The Morgan fingerprint density at radius 3 is 2.62 bits per heavy atom. The summed E-state index contributed by atoms with van der Waals surface area (Å²) in [5, 5.41) is 14.7. The number of guanidine groups is 1. The van der Waals surface area contributed by atoms with E-state index in [0.29, 0.717) is 12.5 Å². The molecule has 0 amide bonds. The highest BCUT2D eigenvalue weighted by molar-refractivity contribution is 14.0. The molecule has 0 saturated carbocycles. The second-order valence-corrected chi connectivity index (χ2v) is 5.85. The molecule has 26 heavy (non-hydrogen) atoms. The van der Waals surface area contributed by atoms with Gasteiger partial charge in [0, 0.05) is 20.1 Å². The Bertz CT molecular complexity index is 671. The predicted octanol–water partition coefficient (Wildman–Crippen LogP) is 2.78. The fourth-order valence-corrected chi connectivity index (χ4v) is 2.57. The molecule has 0 saturated heterocycles. The standard InChI is InChI=1S/C18H28N6O.HI/c1-5-24-13-22-23-17(24)12-21-18(19-3)20-11-10-14(2)15-6-8-16(25-4)9-7-15;/h6-9,13-14H,5,10-12H2,1-4H3,(H2,19,20,21);1H. The van der Waals surface area contributed by atoms with Crippen LogP contribution in [0.2, 0.25) is 0 Å². The number of rotatable bonds is 8. The molecule has 1 aromatic carbocycles. The molecule has 7 nitrogen and oxygen atoms in total. The van der Waals surface area contributed by atoms with Gasteiger partial charge in [0.1, 0.15) is 12.1 Å². The predicted molar refractivity (Wildman–Crippen MR) is 115 cm³/mol. The minimum absolute atomic E-state index is 0.